The van der Waals surface area contributed by atoms with Crippen molar-refractivity contribution in [1.29, 1.82) is 0 Å². The first-order chi connectivity index (χ1) is 36.9. The molecule has 4 N–H and O–H groups in total. The van der Waals surface area contributed by atoms with Crippen LogP contribution in [0.2, 0.25) is 0 Å². The number of ether oxygens (including phenoxy) is 13. The quantitative estimate of drug-likeness (QED) is 0.0416. The Hall–Kier alpha value is -3.28. The Bertz CT molecular complexity index is 1490. The summed E-state index contributed by atoms with van der Waals surface area (Å²) >= 11 is 0. The highest BCUT2D eigenvalue weighted by Gasteiger charge is 2.26. The topological polar surface area (TPSA) is 236 Å². The summed E-state index contributed by atoms with van der Waals surface area (Å²) in [5.74, 6) is 0. The van der Waals surface area contributed by atoms with Crippen LogP contribution in [0.3, 0.4) is 0 Å². The summed E-state index contributed by atoms with van der Waals surface area (Å²) in [6, 6.07) is -1.03. The van der Waals surface area contributed by atoms with Gasteiger partial charge in [0.2, 0.25) is 0 Å². The third kappa shape index (κ3) is 42.2. The standard InChI is InChI=1S/C58H114N4O17/c1-21-41(59-51(63)76-55(9,10)11)29-70-45(25-5)33-67-35-49(74-39-47(27-7)72-31-43(23-3)61-53(65)78-57(15,16)17)37-69-38-50(75-40-48(28-8)73-32-44(24-4)62-54(66)79-58(18,19)20)36-68-34-46(26-6)71-30-42(22-2)60-52(64)77-56(12,13)14/h41-50H,21-40H2,1-20H3,(H,59,63)(H,60,64)(H,61,65)(H,62,66). The Kier molecular flexibility index (Phi) is 39.1. The fourth-order valence-corrected chi connectivity index (χ4v) is 6.86. The summed E-state index contributed by atoms with van der Waals surface area (Å²) in [4.78, 5) is 50.1. The molecule has 0 aliphatic heterocycles. The van der Waals surface area contributed by atoms with Crippen molar-refractivity contribution in [1.82, 2.24) is 21.3 Å². The van der Waals surface area contributed by atoms with Crippen molar-refractivity contribution in [3.63, 3.8) is 0 Å². The second-order valence-corrected chi connectivity index (χ2v) is 24.0. The lowest BCUT2D eigenvalue weighted by Crippen LogP contribution is -2.42. The molecule has 0 aromatic carbocycles. The van der Waals surface area contributed by atoms with Crippen LogP contribution in [0.25, 0.3) is 0 Å². The summed E-state index contributed by atoms with van der Waals surface area (Å²) in [7, 11) is 0. The number of nitrogens with one attached hydrogen (secondary N) is 4. The fourth-order valence-electron chi connectivity index (χ4n) is 6.86. The van der Waals surface area contributed by atoms with E-state index in [1.165, 1.54) is 0 Å². The van der Waals surface area contributed by atoms with E-state index in [0.717, 1.165) is 0 Å². The predicted molar refractivity (Wildman–Crippen MR) is 306 cm³/mol. The lowest BCUT2D eigenvalue weighted by atomic mass is 10.2. The molecule has 4 amide bonds. The monoisotopic (exact) mass is 1140 g/mol. The molecule has 0 rings (SSSR count). The minimum Gasteiger partial charge on any atom is -0.444 e. The molecule has 468 valence electrons. The summed E-state index contributed by atoms with van der Waals surface area (Å²) in [5, 5.41) is 11.6. The molecule has 21 nitrogen and oxygen atoms in total. The van der Waals surface area contributed by atoms with E-state index in [9.17, 15) is 19.2 Å². The Balaban J connectivity index is 6.31. The second kappa shape index (κ2) is 40.8. The van der Waals surface area contributed by atoms with Gasteiger partial charge in [-0.25, -0.2) is 19.2 Å². The summed E-state index contributed by atoms with van der Waals surface area (Å²) in [5.41, 5.74) is -2.51. The average Bonchev–Trinajstić information content (AvgIpc) is 3.33. The van der Waals surface area contributed by atoms with Gasteiger partial charge in [-0.15, -0.1) is 0 Å². The Labute approximate surface area is 477 Å². The molecule has 0 heterocycles. The van der Waals surface area contributed by atoms with E-state index >= 15 is 0 Å². The van der Waals surface area contributed by atoms with Gasteiger partial charge in [-0.3, -0.25) is 0 Å². The van der Waals surface area contributed by atoms with Gasteiger partial charge in [0.1, 0.15) is 34.6 Å². The third-order valence-corrected chi connectivity index (χ3v) is 11.7. The second-order valence-electron chi connectivity index (χ2n) is 24.0. The first-order valence-electron chi connectivity index (χ1n) is 29.3. The normalized spacial score (nSPS) is 16.3. The number of amides is 4. The zero-order valence-electron chi connectivity index (χ0n) is 52.9. The third-order valence-electron chi connectivity index (χ3n) is 11.7. The molecule has 0 spiro atoms. The molecule has 0 aromatic heterocycles. The van der Waals surface area contributed by atoms with Crippen molar-refractivity contribution in [2.45, 2.75) is 273 Å². The van der Waals surface area contributed by atoms with E-state index < -0.39 is 59.0 Å². The molecule has 0 aliphatic rings. The zero-order chi connectivity index (χ0) is 60.2. The number of rotatable bonds is 42. The highest BCUT2D eigenvalue weighted by Crippen LogP contribution is 2.15. The first kappa shape index (κ1) is 75.7. The smallest absolute Gasteiger partial charge is 0.407 e. The van der Waals surface area contributed by atoms with Gasteiger partial charge in [0, 0.05) is 0 Å². The lowest BCUT2D eigenvalue weighted by molar-refractivity contribution is -0.130. The van der Waals surface area contributed by atoms with Gasteiger partial charge in [-0.05, 0) is 134 Å². The molecule has 10 unspecified atom stereocenters. The molecular weight excluding hydrogens is 1020 g/mol. The van der Waals surface area contributed by atoms with Crippen LogP contribution in [0.5, 0.6) is 0 Å². The molecule has 0 fully saturated rings. The summed E-state index contributed by atoms with van der Waals surface area (Å²) < 4.78 is 78.9. The number of alkyl carbamates (subject to hydrolysis) is 4. The van der Waals surface area contributed by atoms with E-state index in [-0.39, 0.29) is 128 Å². The van der Waals surface area contributed by atoms with Gasteiger partial charge < -0.3 is 82.8 Å². The van der Waals surface area contributed by atoms with Gasteiger partial charge in [0.05, 0.1) is 128 Å². The van der Waals surface area contributed by atoms with Crippen LogP contribution >= 0.6 is 0 Å². The van der Waals surface area contributed by atoms with E-state index in [2.05, 4.69) is 21.3 Å². The van der Waals surface area contributed by atoms with Crippen LogP contribution in [0.1, 0.15) is 190 Å². The van der Waals surface area contributed by atoms with Crippen LogP contribution in [0, 0.1) is 0 Å². The van der Waals surface area contributed by atoms with Gasteiger partial charge >= 0.3 is 24.4 Å². The van der Waals surface area contributed by atoms with Gasteiger partial charge in [-0.2, -0.15) is 0 Å². The number of carbonyl (C=O) groups excluding carboxylic acids is 4. The van der Waals surface area contributed by atoms with E-state index in [1.807, 2.05) is 138 Å². The SMILES string of the molecule is CCC(COC(CC)COCC(COCC(COCC(CC)OCC(CC)NC(=O)OC(C)(C)C)OCC(CC)OCC(CC)NC(=O)OC(C)(C)C)OCC(CC)OCC(CC)NC(=O)OC(C)(C)C)NC(=O)OC(C)(C)C. The molecule has 79 heavy (non-hydrogen) atoms. The maximum absolute atomic E-state index is 12.6. The number of hydrogen-bond donors (Lipinski definition) is 4. The average molecular weight is 1140 g/mol. The predicted octanol–water partition coefficient (Wildman–Crippen LogP) is 10.2. The van der Waals surface area contributed by atoms with Crippen LogP contribution < -0.4 is 21.3 Å². The molecular formula is C58H114N4O17. The first-order valence-corrected chi connectivity index (χ1v) is 29.3. The van der Waals surface area contributed by atoms with Crippen molar-refractivity contribution in [2.75, 3.05) is 79.3 Å². The van der Waals surface area contributed by atoms with Crippen LogP contribution in [0.4, 0.5) is 19.2 Å². The molecule has 21 heteroatoms. The highest BCUT2D eigenvalue weighted by molar-refractivity contribution is 5.69. The number of carbonyl (C=O) groups is 4. The molecule has 0 aliphatic carbocycles. The van der Waals surface area contributed by atoms with Crippen molar-refractivity contribution in [3.05, 3.63) is 0 Å². The van der Waals surface area contributed by atoms with Gasteiger partial charge in [0.15, 0.2) is 0 Å². The van der Waals surface area contributed by atoms with Crippen molar-refractivity contribution in [2.24, 2.45) is 0 Å². The van der Waals surface area contributed by atoms with Crippen molar-refractivity contribution < 1.29 is 80.8 Å². The molecule has 0 bridgehead atoms. The molecule has 0 saturated heterocycles. The maximum Gasteiger partial charge on any atom is 0.407 e. The minimum absolute atomic E-state index is 0.134. The lowest BCUT2D eigenvalue weighted by Gasteiger charge is -2.27. The van der Waals surface area contributed by atoms with E-state index in [0.29, 0.717) is 51.4 Å². The zero-order valence-corrected chi connectivity index (χ0v) is 52.9. The maximum atomic E-state index is 12.6. The van der Waals surface area contributed by atoms with Gasteiger partial charge in [-0.1, -0.05) is 55.4 Å². The number of hydrogen-bond acceptors (Lipinski definition) is 17. The largest absolute Gasteiger partial charge is 0.444 e. The molecule has 0 radical (unpaired) electrons. The van der Waals surface area contributed by atoms with Crippen molar-refractivity contribution in [3.8, 4) is 0 Å². The van der Waals surface area contributed by atoms with Gasteiger partial charge in [0.25, 0.3) is 0 Å². The van der Waals surface area contributed by atoms with E-state index in [4.69, 9.17) is 61.6 Å². The fraction of sp³-hybridized carbons (Fsp3) is 0.931. The minimum atomic E-state index is -0.633. The Morgan fingerprint density at radius 3 is 0.620 bits per heavy atom. The van der Waals surface area contributed by atoms with Crippen molar-refractivity contribution >= 4 is 24.4 Å². The van der Waals surface area contributed by atoms with Crippen LogP contribution in [0.15, 0.2) is 0 Å². The summed E-state index contributed by atoms with van der Waals surface area (Å²) in [6.07, 6.45) is 0.991. The summed E-state index contributed by atoms with van der Waals surface area (Å²) in [6.45, 7) is 40.4. The molecule has 0 aromatic rings. The Morgan fingerprint density at radius 1 is 0.266 bits per heavy atom. The molecule has 0 saturated carbocycles. The van der Waals surface area contributed by atoms with E-state index in [1.54, 1.807) is 0 Å². The molecule has 10 atom stereocenters. The van der Waals surface area contributed by atoms with Crippen LogP contribution in [-0.2, 0) is 61.6 Å². The Morgan fingerprint density at radius 2 is 0.443 bits per heavy atom. The highest BCUT2D eigenvalue weighted by atomic mass is 16.6. The van der Waals surface area contributed by atoms with Crippen LogP contribution in [-0.4, -0.2) is 187 Å².